The first-order valence-corrected chi connectivity index (χ1v) is 14.7. The quantitative estimate of drug-likeness (QED) is 0.421. The van der Waals surface area contributed by atoms with E-state index in [1.54, 1.807) is 43.3 Å². The number of rotatable bonds is 8. The van der Waals surface area contributed by atoms with Gasteiger partial charge in [-0.15, -0.1) is 0 Å². The Bertz CT molecular complexity index is 1500. The van der Waals surface area contributed by atoms with Crippen LogP contribution in [0.3, 0.4) is 0 Å². The first-order chi connectivity index (χ1) is 18.1. The Labute approximate surface area is 221 Å². The lowest BCUT2D eigenvalue weighted by Gasteiger charge is -2.38. The van der Waals surface area contributed by atoms with Crippen molar-refractivity contribution < 1.29 is 31.2 Å². The van der Waals surface area contributed by atoms with Crippen LogP contribution in [0.2, 0.25) is 0 Å². The number of carbonyl (C=O) groups excluding carboxylic acids is 2. The van der Waals surface area contributed by atoms with Gasteiger partial charge in [0, 0.05) is 25.3 Å². The summed E-state index contributed by atoms with van der Waals surface area (Å²) >= 11 is 0. The lowest BCUT2D eigenvalue weighted by molar-refractivity contribution is -0.120. The number of carbonyl (C=O) groups is 2. The zero-order valence-corrected chi connectivity index (χ0v) is 22.2. The molecule has 200 valence electrons. The van der Waals surface area contributed by atoms with Gasteiger partial charge in [-0.3, -0.25) is 4.79 Å². The van der Waals surface area contributed by atoms with Crippen molar-refractivity contribution in [2.45, 2.75) is 22.8 Å². The molecule has 4 rings (SSSR count). The van der Waals surface area contributed by atoms with Gasteiger partial charge in [-0.2, -0.15) is 8.61 Å². The van der Waals surface area contributed by atoms with Crippen molar-refractivity contribution in [3.8, 4) is 0 Å². The number of esters is 1. The zero-order chi connectivity index (χ0) is 27.3. The lowest BCUT2D eigenvalue weighted by Crippen LogP contribution is -2.60. The van der Waals surface area contributed by atoms with E-state index in [4.69, 9.17) is 4.74 Å². The van der Waals surface area contributed by atoms with Crippen LogP contribution in [-0.4, -0.2) is 69.6 Å². The van der Waals surface area contributed by atoms with Gasteiger partial charge in [0.15, 0.2) is 0 Å². The minimum atomic E-state index is -4.12. The molecular weight excluding hydrogens is 530 g/mol. The fourth-order valence-electron chi connectivity index (χ4n) is 4.06. The van der Waals surface area contributed by atoms with Crippen molar-refractivity contribution in [3.05, 3.63) is 90.5 Å². The van der Waals surface area contributed by atoms with Gasteiger partial charge in [-0.1, -0.05) is 36.4 Å². The van der Waals surface area contributed by atoms with Crippen molar-refractivity contribution in [1.82, 2.24) is 8.61 Å². The van der Waals surface area contributed by atoms with E-state index in [0.717, 1.165) is 8.61 Å². The summed E-state index contributed by atoms with van der Waals surface area (Å²) in [5.41, 5.74) is 0.596. The second kappa shape index (κ2) is 11.4. The number of amides is 1. The molecule has 1 aliphatic rings. The molecular formula is C26H27N3O7S2. The first kappa shape index (κ1) is 27.5. The fraction of sp³-hybridized carbons (Fsp3) is 0.231. The molecule has 0 aliphatic carbocycles. The van der Waals surface area contributed by atoms with Crippen molar-refractivity contribution in [2.75, 3.05) is 31.6 Å². The first-order valence-electron chi connectivity index (χ1n) is 11.8. The minimum absolute atomic E-state index is 0.00374. The number of ether oxygens (including phenoxy) is 1. The molecule has 1 atom stereocenters. The van der Waals surface area contributed by atoms with Gasteiger partial charge in [-0.05, 0) is 55.5 Å². The second-order valence-electron chi connectivity index (χ2n) is 8.41. The normalized spacial score (nSPS) is 17.0. The van der Waals surface area contributed by atoms with Crippen LogP contribution in [0.4, 0.5) is 5.69 Å². The summed E-state index contributed by atoms with van der Waals surface area (Å²) in [5.74, 6) is -1.22. The van der Waals surface area contributed by atoms with E-state index in [0.29, 0.717) is 5.69 Å². The highest BCUT2D eigenvalue weighted by Gasteiger charge is 2.43. The van der Waals surface area contributed by atoms with E-state index in [1.807, 2.05) is 0 Å². The molecule has 10 nitrogen and oxygen atoms in total. The topological polar surface area (TPSA) is 130 Å². The molecule has 0 spiro atoms. The van der Waals surface area contributed by atoms with Crippen LogP contribution in [0.15, 0.2) is 94.7 Å². The summed E-state index contributed by atoms with van der Waals surface area (Å²) in [5, 5.41) is 2.66. The summed E-state index contributed by atoms with van der Waals surface area (Å²) in [6, 6.07) is 20.0. The Hall–Kier alpha value is -3.58. The summed E-state index contributed by atoms with van der Waals surface area (Å²) < 4.78 is 60.6. The molecule has 1 fully saturated rings. The van der Waals surface area contributed by atoms with E-state index >= 15 is 0 Å². The van der Waals surface area contributed by atoms with Gasteiger partial charge in [0.25, 0.3) is 0 Å². The molecule has 1 saturated heterocycles. The van der Waals surface area contributed by atoms with Gasteiger partial charge in [-0.25, -0.2) is 21.6 Å². The Balaban J connectivity index is 1.64. The minimum Gasteiger partial charge on any atom is -0.462 e. The highest BCUT2D eigenvalue weighted by molar-refractivity contribution is 7.89. The molecule has 12 heteroatoms. The van der Waals surface area contributed by atoms with E-state index < -0.39 is 38.0 Å². The van der Waals surface area contributed by atoms with Gasteiger partial charge in [0.2, 0.25) is 26.0 Å². The van der Waals surface area contributed by atoms with Crippen LogP contribution in [0, 0.1) is 0 Å². The molecule has 38 heavy (non-hydrogen) atoms. The molecule has 3 aromatic carbocycles. The van der Waals surface area contributed by atoms with Crippen LogP contribution < -0.4 is 5.32 Å². The average molecular weight is 558 g/mol. The van der Waals surface area contributed by atoms with E-state index in [9.17, 15) is 26.4 Å². The number of benzene rings is 3. The Kier molecular flexibility index (Phi) is 8.26. The van der Waals surface area contributed by atoms with Crippen LogP contribution in [-0.2, 0) is 29.6 Å². The SMILES string of the molecule is CCOC(=O)c1ccc(NC(=O)C2CN(S(=O)(=O)c3ccccc3)CCN2S(=O)(=O)c2ccccc2)cc1. The van der Waals surface area contributed by atoms with Crippen molar-refractivity contribution in [1.29, 1.82) is 0 Å². The molecule has 1 aliphatic heterocycles. The van der Waals surface area contributed by atoms with Gasteiger partial charge in [0.05, 0.1) is 22.0 Å². The number of anilines is 1. The summed E-state index contributed by atoms with van der Waals surface area (Å²) in [6.45, 7) is 1.18. The molecule has 0 radical (unpaired) electrons. The third kappa shape index (κ3) is 5.78. The maximum absolute atomic E-state index is 13.5. The van der Waals surface area contributed by atoms with Crippen LogP contribution in [0.25, 0.3) is 0 Å². The van der Waals surface area contributed by atoms with Crippen molar-refractivity contribution >= 4 is 37.6 Å². The molecule has 3 aromatic rings. The summed E-state index contributed by atoms with van der Waals surface area (Å²) in [7, 11) is -8.09. The number of nitrogens with zero attached hydrogens (tertiary/aromatic N) is 2. The third-order valence-electron chi connectivity index (χ3n) is 5.99. The van der Waals surface area contributed by atoms with Gasteiger partial charge >= 0.3 is 5.97 Å². The van der Waals surface area contributed by atoms with Crippen molar-refractivity contribution in [3.63, 3.8) is 0 Å². The summed E-state index contributed by atoms with van der Waals surface area (Å²) in [6.07, 6.45) is 0. The monoisotopic (exact) mass is 557 g/mol. The van der Waals surface area contributed by atoms with Crippen LogP contribution >= 0.6 is 0 Å². The molecule has 0 aromatic heterocycles. The second-order valence-corrected chi connectivity index (χ2v) is 12.2. The summed E-state index contributed by atoms with van der Waals surface area (Å²) in [4.78, 5) is 25.4. The number of nitrogens with one attached hydrogen (secondary N) is 1. The predicted octanol–water partition coefficient (Wildman–Crippen LogP) is 2.57. The lowest BCUT2D eigenvalue weighted by atomic mass is 10.2. The highest BCUT2D eigenvalue weighted by atomic mass is 32.2. The molecule has 1 unspecified atom stereocenters. The Morgan fingerprint density at radius 3 is 1.92 bits per heavy atom. The molecule has 1 heterocycles. The average Bonchev–Trinajstić information content (AvgIpc) is 2.94. The Morgan fingerprint density at radius 1 is 0.816 bits per heavy atom. The van der Waals surface area contributed by atoms with E-state index in [1.165, 1.54) is 48.5 Å². The van der Waals surface area contributed by atoms with Gasteiger partial charge < -0.3 is 10.1 Å². The maximum atomic E-state index is 13.5. The van der Waals surface area contributed by atoms with Crippen molar-refractivity contribution in [2.24, 2.45) is 0 Å². The molecule has 0 saturated carbocycles. The number of sulfonamides is 2. The van der Waals surface area contributed by atoms with Crippen LogP contribution in [0.1, 0.15) is 17.3 Å². The smallest absolute Gasteiger partial charge is 0.338 e. The number of hydrogen-bond donors (Lipinski definition) is 1. The van der Waals surface area contributed by atoms with Gasteiger partial charge in [0.1, 0.15) is 6.04 Å². The molecule has 1 amide bonds. The zero-order valence-electron chi connectivity index (χ0n) is 20.6. The number of hydrogen-bond acceptors (Lipinski definition) is 7. The van der Waals surface area contributed by atoms with E-state index in [2.05, 4.69) is 5.32 Å². The molecule has 1 N–H and O–H groups in total. The third-order valence-corrected chi connectivity index (χ3v) is 9.79. The van der Waals surface area contributed by atoms with Crippen LogP contribution in [0.5, 0.6) is 0 Å². The predicted molar refractivity (Wildman–Crippen MR) is 140 cm³/mol. The maximum Gasteiger partial charge on any atom is 0.338 e. The van der Waals surface area contributed by atoms with E-state index in [-0.39, 0.29) is 41.6 Å². The Morgan fingerprint density at radius 2 is 1.37 bits per heavy atom. The highest BCUT2D eigenvalue weighted by Crippen LogP contribution is 2.26. The number of piperazine rings is 1. The standard InChI is InChI=1S/C26H27N3O7S2/c1-2-36-26(31)20-13-15-21(16-14-20)27-25(30)24-19-28(37(32,33)22-9-5-3-6-10-22)17-18-29(24)38(34,35)23-11-7-4-8-12-23/h3-16,24H,2,17-19H2,1H3,(H,27,30). The fourth-order valence-corrected chi connectivity index (χ4v) is 7.11. The largest absolute Gasteiger partial charge is 0.462 e. The molecule has 0 bridgehead atoms.